The van der Waals surface area contributed by atoms with E-state index in [0.29, 0.717) is 18.8 Å². The van der Waals surface area contributed by atoms with Gasteiger partial charge in [-0.05, 0) is 30.5 Å². The van der Waals surface area contributed by atoms with Gasteiger partial charge in [0.2, 0.25) is 10.0 Å². The molecule has 0 bridgehead atoms. The van der Waals surface area contributed by atoms with Gasteiger partial charge in [-0.2, -0.15) is 4.31 Å². The van der Waals surface area contributed by atoms with Gasteiger partial charge in [-0.1, -0.05) is 13.0 Å². The van der Waals surface area contributed by atoms with Crippen molar-refractivity contribution in [1.29, 1.82) is 0 Å². The number of sulfonamides is 1. The molecule has 0 aromatic heterocycles. The summed E-state index contributed by atoms with van der Waals surface area (Å²) in [7, 11) is -2.07. The normalized spacial score (nSPS) is 23.4. The minimum absolute atomic E-state index is 0. The highest BCUT2D eigenvalue weighted by Gasteiger charge is 2.36. The molecule has 1 aromatic carbocycles. The molecular formula is C13H21ClN2O3S. The molecule has 1 aromatic rings. The molecule has 0 amide bonds. The highest BCUT2D eigenvalue weighted by Crippen LogP contribution is 2.30. The van der Waals surface area contributed by atoms with Crippen LogP contribution in [0.4, 0.5) is 0 Å². The first-order valence-electron chi connectivity index (χ1n) is 6.26. The first kappa shape index (κ1) is 17.2. The maximum atomic E-state index is 12.6. The van der Waals surface area contributed by atoms with E-state index in [1.807, 2.05) is 19.9 Å². The van der Waals surface area contributed by atoms with Crippen LogP contribution in [0.5, 0.6) is 5.75 Å². The molecule has 0 aliphatic carbocycles. The van der Waals surface area contributed by atoms with Crippen molar-refractivity contribution in [2.24, 2.45) is 11.7 Å². The van der Waals surface area contributed by atoms with Gasteiger partial charge >= 0.3 is 0 Å². The van der Waals surface area contributed by atoms with Gasteiger partial charge in [-0.25, -0.2) is 8.42 Å². The van der Waals surface area contributed by atoms with Crippen molar-refractivity contribution < 1.29 is 13.2 Å². The predicted octanol–water partition coefficient (Wildman–Crippen LogP) is 1.39. The topological polar surface area (TPSA) is 72.6 Å². The number of methoxy groups -OCH3 is 1. The summed E-state index contributed by atoms with van der Waals surface area (Å²) in [4.78, 5) is 0.219. The number of ether oxygens (including phenoxy) is 1. The fourth-order valence-corrected chi connectivity index (χ4v) is 4.09. The number of halogens is 1. The van der Waals surface area contributed by atoms with E-state index < -0.39 is 10.0 Å². The Morgan fingerprint density at radius 3 is 2.50 bits per heavy atom. The van der Waals surface area contributed by atoms with Crippen LogP contribution in [-0.4, -0.2) is 39.0 Å². The monoisotopic (exact) mass is 320 g/mol. The number of aryl methyl sites for hydroxylation is 1. The SMILES string of the molecule is COc1ccc(C)cc1S(=O)(=O)N1CC(C)C(N)C1.Cl. The molecule has 1 aliphatic heterocycles. The molecule has 1 heterocycles. The van der Waals surface area contributed by atoms with Crippen molar-refractivity contribution in [2.75, 3.05) is 20.2 Å². The fourth-order valence-electron chi connectivity index (χ4n) is 2.27. The predicted molar refractivity (Wildman–Crippen MR) is 80.9 cm³/mol. The van der Waals surface area contributed by atoms with Gasteiger partial charge < -0.3 is 10.5 Å². The van der Waals surface area contributed by atoms with Crippen LogP contribution in [-0.2, 0) is 10.0 Å². The molecule has 114 valence electrons. The molecule has 0 spiro atoms. The van der Waals surface area contributed by atoms with Gasteiger partial charge in [-0.3, -0.25) is 0 Å². The number of hydrogen-bond donors (Lipinski definition) is 1. The summed E-state index contributed by atoms with van der Waals surface area (Å²) in [6.45, 7) is 4.64. The Morgan fingerprint density at radius 1 is 1.35 bits per heavy atom. The summed E-state index contributed by atoms with van der Waals surface area (Å²) in [5.74, 6) is 0.546. The molecule has 2 unspecified atom stereocenters. The van der Waals surface area contributed by atoms with Gasteiger partial charge in [0.15, 0.2) is 0 Å². The lowest BCUT2D eigenvalue weighted by molar-refractivity contribution is 0.397. The third-order valence-electron chi connectivity index (χ3n) is 3.57. The average Bonchev–Trinajstić information content (AvgIpc) is 2.70. The van der Waals surface area contributed by atoms with Gasteiger partial charge in [0, 0.05) is 19.1 Å². The van der Waals surface area contributed by atoms with E-state index in [4.69, 9.17) is 10.5 Å². The Labute approximate surface area is 126 Å². The van der Waals surface area contributed by atoms with Crippen molar-refractivity contribution in [3.05, 3.63) is 23.8 Å². The summed E-state index contributed by atoms with van der Waals surface area (Å²) >= 11 is 0. The number of benzene rings is 1. The van der Waals surface area contributed by atoms with Crippen molar-refractivity contribution in [1.82, 2.24) is 4.31 Å². The Hall–Kier alpha value is -0.820. The van der Waals surface area contributed by atoms with Crippen molar-refractivity contribution >= 4 is 22.4 Å². The molecule has 2 N–H and O–H groups in total. The first-order valence-corrected chi connectivity index (χ1v) is 7.70. The standard InChI is InChI=1S/C13H20N2O3S.ClH/c1-9-4-5-12(18-3)13(6-9)19(16,17)15-7-10(2)11(14)8-15;/h4-6,10-11H,7-8,14H2,1-3H3;1H. The molecule has 2 atom stereocenters. The van der Waals surface area contributed by atoms with Gasteiger partial charge in [-0.15, -0.1) is 12.4 Å². The second kappa shape index (κ2) is 6.30. The molecule has 20 heavy (non-hydrogen) atoms. The number of rotatable bonds is 3. The minimum Gasteiger partial charge on any atom is -0.495 e. The second-order valence-electron chi connectivity index (χ2n) is 5.12. The fraction of sp³-hybridized carbons (Fsp3) is 0.538. The smallest absolute Gasteiger partial charge is 0.246 e. The Bertz CT molecular complexity index is 567. The van der Waals surface area contributed by atoms with Crippen molar-refractivity contribution in [3.63, 3.8) is 0 Å². The van der Waals surface area contributed by atoms with Gasteiger partial charge in [0.1, 0.15) is 10.6 Å². The summed E-state index contributed by atoms with van der Waals surface area (Å²) < 4.78 is 31.9. The molecule has 0 saturated carbocycles. The zero-order chi connectivity index (χ0) is 14.2. The summed E-state index contributed by atoms with van der Waals surface area (Å²) in [5.41, 5.74) is 6.79. The zero-order valence-electron chi connectivity index (χ0n) is 11.9. The molecule has 7 heteroatoms. The summed E-state index contributed by atoms with van der Waals surface area (Å²) in [6, 6.07) is 5.05. The van der Waals surface area contributed by atoms with E-state index in [1.54, 1.807) is 12.1 Å². The van der Waals surface area contributed by atoms with Gasteiger partial charge in [0.05, 0.1) is 7.11 Å². The molecule has 1 saturated heterocycles. The number of nitrogens with two attached hydrogens (primary N) is 1. The van der Waals surface area contributed by atoms with Crippen molar-refractivity contribution in [2.45, 2.75) is 24.8 Å². The van der Waals surface area contributed by atoms with Crippen LogP contribution in [0.3, 0.4) is 0 Å². The highest BCUT2D eigenvalue weighted by molar-refractivity contribution is 7.89. The van der Waals surface area contributed by atoms with E-state index in [1.165, 1.54) is 11.4 Å². The lowest BCUT2D eigenvalue weighted by atomic mass is 10.1. The molecule has 1 fully saturated rings. The van der Waals surface area contributed by atoms with E-state index in [9.17, 15) is 8.42 Å². The third kappa shape index (κ3) is 3.09. The van der Waals surface area contributed by atoms with Crippen LogP contribution >= 0.6 is 12.4 Å². The molecular weight excluding hydrogens is 300 g/mol. The van der Waals surface area contributed by atoms with Crippen LogP contribution in [0.25, 0.3) is 0 Å². The van der Waals surface area contributed by atoms with E-state index in [0.717, 1.165) is 5.56 Å². The van der Waals surface area contributed by atoms with E-state index >= 15 is 0 Å². The van der Waals surface area contributed by atoms with Gasteiger partial charge in [0.25, 0.3) is 0 Å². The van der Waals surface area contributed by atoms with Crippen LogP contribution in [0, 0.1) is 12.8 Å². The molecule has 1 aliphatic rings. The zero-order valence-corrected chi connectivity index (χ0v) is 13.5. The maximum Gasteiger partial charge on any atom is 0.246 e. The quantitative estimate of drug-likeness (QED) is 0.913. The number of nitrogens with zero attached hydrogens (tertiary/aromatic N) is 1. The van der Waals surface area contributed by atoms with E-state index in [2.05, 4.69) is 0 Å². The van der Waals surface area contributed by atoms with Crippen LogP contribution < -0.4 is 10.5 Å². The lowest BCUT2D eigenvalue weighted by Gasteiger charge is -2.18. The first-order chi connectivity index (χ1) is 8.86. The number of hydrogen-bond acceptors (Lipinski definition) is 4. The largest absolute Gasteiger partial charge is 0.495 e. The Balaban J connectivity index is 0.00000200. The lowest BCUT2D eigenvalue weighted by Crippen LogP contribution is -2.32. The summed E-state index contributed by atoms with van der Waals surface area (Å²) in [6.07, 6.45) is 0. The Kier molecular flexibility index (Phi) is 5.43. The van der Waals surface area contributed by atoms with Crippen LogP contribution in [0.1, 0.15) is 12.5 Å². The summed E-state index contributed by atoms with van der Waals surface area (Å²) in [5, 5.41) is 0. The molecule has 2 rings (SSSR count). The van der Waals surface area contributed by atoms with Crippen LogP contribution in [0.2, 0.25) is 0 Å². The minimum atomic E-state index is -3.54. The third-order valence-corrected chi connectivity index (χ3v) is 5.43. The Morgan fingerprint density at radius 2 is 2.00 bits per heavy atom. The highest BCUT2D eigenvalue weighted by atomic mass is 35.5. The van der Waals surface area contributed by atoms with Crippen molar-refractivity contribution in [3.8, 4) is 5.75 Å². The van der Waals surface area contributed by atoms with E-state index in [-0.39, 0.29) is 29.3 Å². The molecule has 5 nitrogen and oxygen atoms in total. The molecule has 0 radical (unpaired) electrons. The average molecular weight is 321 g/mol. The maximum absolute atomic E-state index is 12.6. The second-order valence-corrected chi connectivity index (χ2v) is 7.02. The van der Waals surface area contributed by atoms with Crippen LogP contribution in [0.15, 0.2) is 23.1 Å².